The summed E-state index contributed by atoms with van der Waals surface area (Å²) in [6, 6.07) is 3.80. The number of hydrogen-bond donors (Lipinski definition) is 1. The Morgan fingerprint density at radius 1 is 1.64 bits per heavy atom. The zero-order valence-electron chi connectivity index (χ0n) is 6.33. The Hall–Kier alpha value is -1.15. The number of pyridine rings is 1. The number of aliphatic hydroxyl groups is 1. The second kappa shape index (κ2) is 3.88. The quantitative estimate of drug-likeness (QED) is 0.701. The Morgan fingerprint density at radius 3 is 3.09 bits per heavy atom. The molecule has 0 radical (unpaired) electrons. The fourth-order valence-corrected chi connectivity index (χ4v) is 0.875. The number of rotatable bonds is 3. The van der Waals surface area contributed by atoms with Gasteiger partial charge in [0.05, 0.1) is 0 Å². The highest BCUT2D eigenvalue weighted by molar-refractivity contribution is 5.46. The number of aromatic nitrogens is 1. The second-order valence-corrected chi connectivity index (χ2v) is 2.26. The topological polar surface area (TPSA) is 33.1 Å². The summed E-state index contributed by atoms with van der Waals surface area (Å²) < 4.78 is 0. The fourth-order valence-electron chi connectivity index (χ4n) is 0.875. The summed E-state index contributed by atoms with van der Waals surface area (Å²) in [5.74, 6) is 0. The van der Waals surface area contributed by atoms with Crippen LogP contribution in [0.1, 0.15) is 11.3 Å². The number of hydrogen-bond acceptors (Lipinski definition) is 2. The van der Waals surface area contributed by atoms with Crippen LogP contribution in [0, 0.1) is 0 Å². The predicted octanol–water partition coefficient (Wildman–Crippen LogP) is 1.26. The lowest BCUT2D eigenvalue weighted by Crippen LogP contribution is -1.93. The van der Waals surface area contributed by atoms with Crippen molar-refractivity contribution in [2.24, 2.45) is 0 Å². The maximum absolute atomic E-state index is 8.62. The van der Waals surface area contributed by atoms with E-state index < -0.39 is 0 Å². The SMILES string of the molecule is C=Cc1ccnc(CCO)c1. The standard InChI is InChI=1S/C9H11NO/c1-2-8-3-5-10-9(7-8)4-6-11/h2-3,5,7,11H,1,4,6H2. The van der Waals surface area contributed by atoms with Crippen LogP contribution in [0.25, 0.3) is 6.08 Å². The van der Waals surface area contributed by atoms with E-state index in [0.29, 0.717) is 6.42 Å². The van der Waals surface area contributed by atoms with E-state index in [-0.39, 0.29) is 6.61 Å². The molecule has 0 saturated heterocycles. The maximum Gasteiger partial charge on any atom is 0.0486 e. The number of nitrogens with zero attached hydrogens (tertiary/aromatic N) is 1. The van der Waals surface area contributed by atoms with Crippen LogP contribution in [0.4, 0.5) is 0 Å². The van der Waals surface area contributed by atoms with Gasteiger partial charge in [-0.15, -0.1) is 0 Å². The summed E-state index contributed by atoms with van der Waals surface area (Å²) in [5.41, 5.74) is 1.95. The van der Waals surface area contributed by atoms with E-state index in [1.807, 2.05) is 12.1 Å². The molecule has 1 aromatic rings. The minimum absolute atomic E-state index is 0.146. The summed E-state index contributed by atoms with van der Waals surface area (Å²) in [7, 11) is 0. The molecular formula is C9H11NO. The fraction of sp³-hybridized carbons (Fsp3) is 0.222. The third-order valence-corrected chi connectivity index (χ3v) is 1.44. The van der Waals surface area contributed by atoms with Gasteiger partial charge < -0.3 is 5.11 Å². The molecule has 0 aliphatic heterocycles. The van der Waals surface area contributed by atoms with Crippen LogP contribution in [0.3, 0.4) is 0 Å². The summed E-state index contributed by atoms with van der Waals surface area (Å²) in [6.07, 6.45) is 4.10. The van der Waals surface area contributed by atoms with E-state index in [1.54, 1.807) is 12.3 Å². The third kappa shape index (κ3) is 2.16. The summed E-state index contributed by atoms with van der Waals surface area (Å²) in [4.78, 5) is 4.07. The van der Waals surface area contributed by atoms with Gasteiger partial charge in [0.15, 0.2) is 0 Å². The first-order valence-corrected chi connectivity index (χ1v) is 3.55. The largest absolute Gasteiger partial charge is 0.396 e. The minimum Gasteiger partial charge on any atom is -0.396 e. The molecule has 1 N–H and O–H groups in total. The second-order valence-electron chi connectivity index (χ2n) is 2.26. The van der Waals surface area contributed by atoms with Crippen LogP contribution >= 0.6 is 0 Å². The molecule has 0 aliphatic rings. The Bertz CT molecular complexity index is 245. The van der Waals surface area contributed by atoms with Crippen LogP contribution in [0.15, 0.2) is 24.9 Å². The average molecular weight is 149 g/mol. The van der Waals surface area contributed by atoms with Crippen LogP contribution < -0.4 is 0 Å². The van der Waals surface area contributed by atoms with E-state index in [9.17, 15) is 0 Å². The third-order valence-electron chi connectivity index (χ3n) is 1.44. The van der Waals surface area contributed by atoms with Gasteiger partial charge in [-0.25, -0.2) is 0 Å². The Labute approximate surface area is 66.2 Å². The molecule has 1 heterocycles. The van der Waals surface area contributed by atoms with Gasteiger partial charge in [0.2, 0.25) is 0 Å². The van der Waals surface area contributed by atoms with Crippen LogP contribution in [-0.2, 0) is 6.42 Å². The monoisotopic (exact) mass is 149 g/mol. The van der Waals surface area contributed by atoms with Crippen molar-refractivity contribution in [1.82, 2.24) is 4.98 Å². The Morgan fingerprint density at radius 2 is 2.45 bits per heavy atom. The highest BCUT2D eigenvalue weighted by Gasteiger charge is 1.92. The van der Waals surface area contributed by atoms with Crippen LogP contribution in [0.5, 0.6) is 0 Å². The van der Waals surface area contributed by atoms with E-state index >= 15 is 0 Å². The molecule has 0 amide bonds. The first-order valence-electron chi connectivity index (χ1n) is 3.55. The molecule has 0 aliphatic carbocycles. The molecule has 1 rings (SSSR count). The lowest BCUT2D eigenvalue weighted by Gasteiger charge is -1.97. The van der Waals surface area contributed by atoms with Crippen molar-refractivity contribution in [1.29, 1.82) is 0 Å². The zero-order valence-corrected chi connectivity index (χ0v) is 6.33. The van der Waals surface area contributed by atoms with Crippen molar-refractivity contribution in [3.8, 4) is 0 Å². The van der Waals surface area contributed by atoms with Gasteiger partial charge in [0, 0.05) is 24.9 Å². The van der Waals surface area contributed by atoms with Crippen molar-refractivity contribution in [3.63, 3.8) is 0 Å². The van der Waals surface area contributed by atoms with E-state index in [0.717, 1.165) is 11.3 Å². The molecule has 11 heavy (non-hydrogen) atoms. The van der Waals surface area contributed by atoms with E-state index in [2.05, 4.69) is 11.6 Å². The van der Waals surface area contributed by atoms with Crippen molar-refractivity contribution in [2.75, 3.05) is 6.61 Å². The molecule has 1 aromatic heterocycles. The molecular weight excluding hydrogens is 138 g/mol. The van der Waals surface area contributed by atoms with Gasteiger partial charge in [-0.05, 0) is 17.7 Å². The Kier molecular flexibility index (Phi) is 2.81. The lowest BCUT2D eigenvalue weighted by molar-refractivity contribution is 0.298. The van der Waals surface area contributed by atoms with Crippen molar-refractivity contribution >= 4 is 6.08 Å². The minimum atomic E-state index is 0.146. The smallest absolute Gasteiger partial charge is 0.0486 e. The first kappa shape index (κ1) is 7.95. The molecule has 2 heteroatoms. The normalized spacial score (nSPS) is 9.55. The summed E-state index contributed by atoms with van der Waals surface area (Å²) in [6.45, 7) is 3.79. The van der Waals surface area contributed by atoms with Crippen molar-refractivity contribution < 1.29 is 5.11 Å². The van der Waals surface area contributed by atoms with Gasteiger partial charge in [0.25, 0.3) is 0 Å². The maximum atomic E-state index is 8.62. The van der Waals surface area contributed by atoms with E-state index in [1.165, 1.54) is 0 Å². The van der Waals surface area contributed by atoms with Gasteiger partial charge in [0.1, 0.15) is 0 Å². The molecule has 0 saturated carbocycles. The molecule has 0 bridgehead atoms. The molecule has 0 spiro atoms. The first-order chi connectivity index (χ1) is 5.36. The van der Waals surface area contributed by atoms with Gasteiger partial charge in [-0.3, -0.25) is 4.98 Å². The predicted molar refractivity (Wildman–Crippen MR) is 45.1 cm³/mol. The zero-order chi connectivity index (χ0) is 8.10. The highest BCUT2D eigenvalue weighted by Crippen LogP contribution is 2.02. The summed E-state index contributed by atoms with van der Waals surface area (Å²) >= 11 is 0. The summed E-state index contributed by atoms with van der Waals surface area (Å²) in [5, 5.41) is 8.62. The van der Waals surface area contributed by atoms with Crippen molar-refractivity contribution in [2.45, 2.75) is 6.42 Å². The highest BCUT2D eigenvalue weighted by atomic mass is 16.3. The molecule has 0 atom stereocenters. The number of aliphatic hydroxyl groups excluding tert-OH is 1. The molecule has 58 valence electrons. The van der Waals surface area contributed by atoms with Gasteiger partial charge in [-0.1, -0.05) is 12.7 Å². The molecule has 0 fully saturated rings. The van der Waals surface area contributed by atoms with E-state index in [4.69, 9.17) is 5.11 Å². The molecule has 0 aromatic carbocycles. The molecule has 0 unspecified atom stereocenters. The van der Waals surface area contributed by atoms with Gasteiger partial charge >= 0.3 is 0 Å². The van der Waals surface area contributed by atoms with Crippen LogP contribution in [0.2, 0.25) is 0 Å². The lowest BCUT2D eigenvalue weighted by atomic mass is 10.2. The van der Waals surface area contributed by atoms with Crippen LogP contribution in [-0.4, -0.2) is 16.7 Å². The van der Waals surface area contributed by atoms with Gasteiger partial charge in [-0.2, -0.15) is 0 Å². The molecule has 2 nitrogen and oxygen atoms in total. The average Bonchev–Trinajstić information content (AvgIpc) is 2.06. The van der Waals surface area contributed by atoms with Crippen molar-refractivity contribution in [3.05, 3.63) is 36.2 Å². The Balaban J connectivity index is 2.82.